The van der Waals surface area contributed by atoms with Crippen LogP contribution in [0, 0.1) is 5.41 Å². The van der Waals surface area contributed by atoms with E-state index in [1.54, 1.807) is 17.0 Å². The highest BCUT2D eigenvalue weighted by atomic mass is 32.2. The average molecular weight is 562 g/mol. The van der Waals surface area contributed by atoms with Gasteiger partial charge < -0.3 is 15.8 Å². The molecule has 2 aliphatic rings. The molecule has 206 valence electrons. The van der Waals surface area contributed by atoms with E-state index in [1.165, 1.54) is 23.5 Å². The van der Waals surface area contributed by atoms with Crippen molar-refractivity contribution < 1.29 is 22.7 Å². The molecule has 0 unspecified atom stereocenters. The lowest BCUT2D eigenvalue weighted by Crippen LogP contribution is -2.52. The summed E-state index contributed by atoms with van der Waals surface area (Å²) in [7, 11) is -2.48. The Labute approximate surface area is 227 Å². The summed E-state index contributed by atoms with van der Waals surface area (Å²) in [6.07, 6.45) is 7.18. The molecule has 2 amide bonds. The van der Waals surface area contributed by atoms with Crippen LogP contribution in [0.15, 0.2) is 40.6 Å². The van der Waals surface area contributed by atoms with Crippen molar-refractivity contribution in [2.45, 2.75) is 67.7 Å². The van der Waals surface area contributed by atoms with E-state index in [1.807, 2.05) is 12.1 Å². The zero-order valence-corrected chi connectivity index (χ0v) is 23.2. The Morgan fingerprint density at radius 1 is 1.08 bits per heavy atom. The zero-order chi connectivity index (χ0) is 27.3. The third-order valence-corrected chi connectivity index (χ3v) is 10.6. The van der Waals surface area contributed by atoms with Crippen molar-refractivity contribution in [2.24, 2.45) is 5.73 Å². The largest absolute Gasteiger partial charge is 0.465 e. The number of carbonyl (C=O) groups is 2. The summed E-state index contributed by atoms with van der Waals surface area (Å²) >= 11 is 0.895. The van der Waals surface area contributed by atoms with Crippen LogP contribution in [0.2, 0.25) is 0 Å². The first kappa shape index (κ1) is 28.1. The maximum atomic E-state index is 13.7. The number of nitrogens with one attached hydrogen (secondary N) is 2. The van der Waals surface area contributed by atoms with Gasteiger partial charge in [-0.05, 0) is 49.9 Å². The third kappa shape index (κ3) is 6.36. The van der Waals surface area contributed by atoms with Gasteiger partial charge in [0.05, 0.1) is 7.11 Å². The number of hydrogen-bond acceptors (Lipinski definition) is 7. The molecule has 0 radical (unpaired) electrons. The predicted octanol–water partition coefficient (Wildman–Crippen LogP) is 3.91. The molecule has 10 nitrogen and oxygen atoms in total. The molecule has 0 bridgehead atoms. The number of ether oxygens (including phenoxy) is 1. The van der Waals surface area contributed by atoms with E-state index in [-0.39, 0.29) is 46.1 Å². The van der Waals surface area contributed by atoms with Crippen LogP contribution in [0.4, 0.5) is 10.5 Å². The molecule has 1 aromatic carbocycles. The van der Waals surface area contributed by atoms with E-state index in [0.717, 1.165) is 49.9 Å². The van der Waals surface area contributed by atoms with Gasteiger partial charge in [-0.3, -0.25) is 10.3 Å². The van der Waals surface area contributed by atoms with Crippen LogP contribution in [0.25, 0.3) is 0 Å². The van der Waals surface area contributed by atoms with Crippen LogP contribution in [0.1, 0.15) is 66.6 Å². The lowest BCUT2D eigenvalue weighted by atomic mass is 10.0. The topological polar surface area (TPSA) is 146 Å². The molecule has 1 saturated heterocycles. The molecule has 2 heterocycles. The van der Waals surface area contributed by atoms with Gasteiger partial charge in [-0.1, -0.05) is 37.8 Å². The van der Waals surface area contributed by atoms with Crippen LogP contribution in [-0.2, 0) is 14.8 Å². The number of anilines is 1. The minimum Gasteiger partial charge on any atom is -0.465 e. The number of sulfonamides is 1. The molecule has 2 fully saturated rings. The molecule has 1 saturated carbocycles. The second kappa shape index (κ2) is 12.3. The Hall–Kier alpha value is -2.96. The Morgan fingerprint density at radius 2 is 1.76 bits per heavy atom. The molecular formula is C26H35N5O5S2. The van der Waals surface area contributed by atoms with Crippen molar-refractivity contribution in [2.75, 3.05) is 25.1 Å². The number of nitrogen functional groups attached to an aromatic ring is 1. The number of nitrogens with two attached hydrogens (primary N) is 1. The Morgan fingerprint density at radius 3 is 2.39 bits per heavy atom. The van der Waals surface area contributed by atoms with E-state index >= 15 is 0 Å². The van der Waals surface area contributed by atoms with Gasteiger partial charge in [0.2, 0.25) is 0 Å². The number of amidine groups is 1. The van der Waals surface area contributed by atoms with Crippen molar-refractivity contribution in [3.05, 3.63) is 46.8 Å². The van der Waals surface area contributed by atoms with Crippen LogP contribution >= 0.6 is 11.3 Å². The number of urea groups is 1. The number of amides is 2. The van der Waals surface area contributed by atoms with Gasteiger partial charge in [0.15, 0.2) is 0 Å². The summed E-state index contributed by atoms with van der Waals surface area (Å²) in [4.78, 5) is 27.4. The lowest BCUT2D eigenvalue weighted by Gasteiger charge is -2.36. The standard InChI is InChI=1S/C26H35N5O5S2/c1-36-25(32)22-11-12-23(37-22)38(34,35)30-15-13-19(14-16-30)29-26(33)31(20-8-4-2-3-5-9-20)21-10-6-7-18(17-21)24(27)28/h6-7,10-12,17,19-20H,2-5,8-9,13-16H2,1H3,(H3,27,28)(H,29,33). The monoisotopic (exact) mass is 561 g/mol. The van der Waals surface area contributed by atoms with E-state index in [2.05, 4.69) is 10.1 Å². The van der Waals surface area contributed by atoms with Gasteiger partial charge in [0, 0.05) is 36.4 Å². The summed E-state index contributed by atoms with van der Waals surface area (Å²) in [5.41, 5.74) is 6.99. The first-order valence-electron chi connectivity index (χ1n) is 12.9. The van der Waals surface area contributed by atoms with E-state index < -0.39 is 16.0 Å². The molecule has 4 N–H and O–H groups in total. The van der Waals surface area contributed by atoms with Crippen LogP contribution in [0.3, 0.4) is 0 Å². The summed E-state index contributed by atoms with van der Waals surface area (Å²) in [6, 6.07) is 9.77. The fourth-order valence-corrected chi connectivity index (χ4v) is 7.96. The number of thiophene rings is 1. The highest BCUT2D eigenvalue weighted by molar-refractivity contribution is 7.91. The number of benzene rings is 1. The van der Waals surface area contributed by atoms with Crippen molar-refractivity contribution in [3.8, 4) is 0 Å². The average Bonchev–Trinajstić information content (AvgIpc) is 3.28. The second-order valence-electron chi connectivity index (χ2n) is 9.72. The van der Waals surface area contributed by atoms with Gasteiger partial charge in [0.1, 0.15) is 14.9 Å². The SMILES string of the molecule is COC(=O)c1ccc(S(=O)(=O)N2CCC(NC(=O)N(c3cccc(C(=N)N)c3)C3CCCCCC3)CC2)s1. The first-order valence-corrected chi connectivity index (χ1v) is 15.2. The quantitative estimate of drug-likeness (QED) is 0.202. The van der Waals surface area contributed by atoms with E-state index in [9.17, 15) is 18.0 Å². The summed E-state index contributed by atoms with van der Waals surface area (Å²) in [5.74, 6) is -0.615. The fraction of sp³-hybridized carbons (Fsp3) is 0.500. The molecule has 1 aromatic heterocycles. The number of hydrogen-bond donors (Lipinski definition) is 3. The minimum atomic E-state index is -3.74. The molecule has 2 aromatic rings. The van der Waals surface area contributed by atoms with E-state index in [4.69, 9.17) is 11.1 Å². The lowest BCUT2D eigenvalue weighted by molar-refractivity contribution is 0.0606. The number of rotatable bonds is 7. The van der Waals surface area contributed by atoms with Gasteiger partial charge in [-0.2, -0.15) is 4.31 Å². The minimum absolute atomic E-state index is 0.0445. The normalized spacial score (nSPS) is 17.9. The second-order valence-corrected chi connectivity index (χ2v) is 13.0. The van der Waals surface area contributed by atoms with Gasteiger partial charge in [0.25, 0.3) is 10.0 Å². The van der Waals surface area contributed by atoms with Gasteiger partial charge >= 0.3 is 12.0 Å². The zero-order valence-electron chi connectivity index (χ0n) is 21.5. The van der Waals surface area contributed by atoms with Crippen molar-refractivity contribution in [1.29, 1.82) is 5.41 Å². The number of piperidine rings is 1. The molecule has 12 heteroatoms. The van der Waals surface area contributed by atoms with E-state index in [0.29, 0.717) is 24.1 Å². The summed E-state index contributed by atoms with van der Waals surface area (Å²) < 4.78 is 32.4. The van der Waals surface area contributed by atoms with Crippen molar-refractivity contribution in [3.63, 3.8) is 0 Å². The number of nitrogens with zero attached hydrogens (tertiary/aromatic N) is 2. The van der Waals surface area contributed by atoms with Crippen LogP contribution < -0.4 is 16.0 Å². The van der Waals surface area contributed by atoms with Crippen molar-refractivity contribution in [1.82, 2.24) is 9.62 Å². The smallest absolute Gasteiger partial charge is 0.348 e. The molecule has 4 rings (SSSR count). The molecule has 0 atom stereocenters. The Kier molecular flexibility index (Phi) is 9.06. The maximum Gasteiger partial charge on any atom is 0.348 e. The van der Waals surface area contributed by atoms with Gasteiger partial charge in [-0.25, -0.2) is 18.0 Å². The van der Waals surface area contributed by atoms with Crippen LogP contribution in [0.5, 0.6) is 0 Å². The van der Waals surface area contributed by atoms with Crippen LogP contribution in [-0.4, -0.2) is 62.8 Å². The van der Waals surface area contributed by atoms with Crippen molar-refractivity contribution >= 4 is 44.9 Å². The number of esters is 1. The van der Waals surface area contributed by atoms with Gasteiger partial charge in [-0.15, -0.1) is 11.3 Å². The molecule has 1 aliphatic heterocycles. The molecule has 1 aliphatic carbocycles. The number of carbonyl (C=O) groups excluding carboxylic acids is 2. The molecular weight excluding hydrogens is 526 g/mol. The Balaban J connectivity index is 1.45. The maximum absolute atomic E-state index is 13.7. The molecule has 0 spiro atoms. The summed E-state index contributed by atoms with van der Waals surface area (Å²) in [6.45, 7) is 0.532. The molecule has 38 heavy (non-hydrogen) atoms. The first-order chi connectivity index (χ1) is 18.2. The highest BCUT2D eigenvalue weighted by Crippen LogP contribution is 2.30. The Bertz CT molecular complexity index is 1260. The fourth-order valence-electron chi connectivity index (χ4n) is 5.11. The number of methoxy groups -OCH3 is 1. The third-order valence-electron chi connectivity index (χ3n) is 7.19. The highest BCUT2D eigenvalue weighted by Gasteiger charge is 2.33. The predicted molar refractivity (Wildman–Crippen MR) is 147 cm³/mol. The summed E-state index contributed by atoms with van der Waals surface area (Å²) in [5, 5.41) is 11.0.